The van der Waals surface area contributed by atoms with Gasteiger partial charge in [-0.2, -0.15) is 83.4 Å². The molecule has 21 heteroatoms. The van der Waals surface area contributed by atoms with Gasteiger partial charge in [0, 0.05) is 0 Å². The second-order valence-corrected chi connectivity index (χ2v) is 6.52. The van der Waals surface area contributed by atoms with Crippen LogP contribution in [0.1, 0.15) is 0 Å². The number of allylic oxidation sites excluding steroid dienone is 1. The Bertz CT molecular complexity index is 966. The zero-order chi connectivity index (χ0) is 29.0. The number of benzene rings is 1. The first-order valence-electron chi connectivity index (χ1n) is 8.16. The van der Waals surface area contributed by atoms with Crippen LogP contribution in [0.5, 0.6) is 5.75 Å². The first-order valence-corrected chi connectivity index (χ1v) is 8.16. The molecule has 0 heterocycles. The SMILES string of the molecule is Cl.FC(Oc1ccccc1)=C(F)C(F)(F)C(F)(F)C(F)(F)C(F)(F)C(F)(F)C(F)(F)C(F)(F)C(F)(F)F. The molecule has 1 aromatic carbocycles. The maximum atomic E-state index is 13.6. The van der Waals surface area contributed by atoms with E-state index < -0.39 is 65.2 Å². The lowest BCUT2D eigenvalue weighted by Gasteiger charge is -2.42. The molecule has 1 rings (SSSR count). The van der Waals surface area contributed by atoms with Crippen molar-refractivity contribution in [2.24, 2.45) is 0 Å². The van der Waals surface area contributed by atoms with E-state index in [0.717, 1.165) is 18.2 Å². The highest BCUT2D eigenvalue weighted by Crippen LogP contribution is 2.64. The molecular weight excluding hydrogens is 605 g/mol. The van der Waals surface area contributed by atoms with E-state index in [9.17, 15) is 83.4 Å². The van der Waals surface area contributed by atoms with Crippen molar-refractivity contribution in [3.05, 3.63) is 42.2 Å². The molecule has 0 saturated carbocycles. The Hall–Kier alpha value is -2.28. The van der Waals surface area contributed by atoms with Crippen molar-refractivity contribution >= 4 is 12.4 Å². The third-order valence-corrected chi connectivity index (χ3v) is 4.12. The normalized spacial score (nSPS) is 15.6. The first kappa shape index (κ1) is 34.7. The molecule has 0 saturated heterocycles. The average Bonchev–Trinajstić information content (AvgIpc) is 2.72. The topological polar surface area (TPSA) is 9.23 Å². The molecule has 0 amide bonds. The number of hydrogen-bond acceptors (Lipinski definition) is 1. The van der Waals surface area contributed by atoms with Crippen LogP contribution in [-0.4, -0.2) is 47.6 Å². The van der Waals surface area contributed by atoms with Crippen LogP contribution in [0.25, 0.3) is 0 Å². The van der Waals surface area contributed by atoms with Crippen molar-refractivity contribution in [1.82, 2.24) is 0 Å². The Labute approximate surface area is 197 Å². The fourth-order valence-corrected chi connectivity index (χ4v) is 2.06. The van der Waals surface area contributed by atoms with E-state index in [0.29, 0.717) is 12.1 Å². The molecule has 216 valence electrons. The van der Waals surface area contributed by atoms with Gasteiger partial charge in [0.05, 0.1) is 0 Å². The van der Waals surface area contributed by atoms with Crippen molar-refractivity contribution in [2.75, 3.05) is 0 Å². The summed E-state index contributed by atoms with van der Waals surface area (Å²) < 4.78 is 253. The molecule has 1 nitrogen and oxygen atoms in total. The van der Waals surface area contributed by atoms with E-state index in [-0.39, 0.29) is 12.4 Å². The van der Waals surface area contributed by atoms with Crippen LogP contribution >= 0.6 is 12.4 Å². The Kier molecular flexibility index (Phi) is 9.19. The fraction of sp³-hybridized carbons (Fsp3) is 0.500. The summed E-state index contributed by atoms with van der Waals surface area (Å²) >= 11 is 0. The number of alkyl halides is 17. The van der Waals surface area contributed by atoms with Crippen LogP contribution in [0, 0.1) is 0 Å². The van der Waals surface area contributed by atoms with Gasteiger partial charge in [-0.1, -0.05) is 18.2 Å². The molecule has 0 aliphatic heterocycles. The molecule has 0 aromatic heterocycles. The Morgan fingerprint density at radius 2 is 0.811 bits per heavy atom. The minimum absolute atomic E-state index is 0. The highest BCUT2D eigenvalue weighted by molar-refractivity contribution is 5.85. The number of halogens is 20. The number of para-hydroxylation sites is 1. The minimum atomic E-state index is -8.90. The minimum Gasteiger partial charge on any atom is -0.430 e. The van der Waals surface area contributed by atoms with E-state index in [1.54, 1.807) is 0 Å². The van der Waals surface area contributed by atoms with Gasteiger partial charge in [-0.05, 0) is 12.1 Å². The summed E-state index contributed by atoms with van der Waals surface area (Å²) in [7, 11) is 0. The van der Waals surface area contributed by atoms with Crippen LogP contribution in [0.4, 0.5) is 83.4 Å². The largest absolute Gasteiger partial charge is 0.460 e. The predicted octanol–water partition coefficient (Wildman–Crippen LogP) is 8.60. The average molecular weight is 611 g/mol. The molecule has 37 heavy (non-hydrogen) atoms. The van der Waals surface area contributed by atoms with Crippen LogP contribution in [0.2, 0.25) is 0 Å². The summed E-state index contributed by atoms with van der Waals surface area (Å²) in [5.41, 5.74) is 0. The van der Waals surface area contributed by atoms with Crippen molar-refractivity contribution in [3.8, 4) is 5.75 Å². The predicted molar refractivity (Wildman–Crippen MR) is 84.2 cm³/mol. The lowest BCUT2D eigenvalue weighted by molar-refractivity contribution is -0.460. The van der Waals surface area contributed by atoms with E-state index in [1.807, 2.05) is 0 Å². The lowest BCUT2D eigenvalue weighted by atomic mass is 9.88. The fourth-order valence-electron chi connectivity index (χ4n) is 2.06. The van der Waals surface area contributed by atoms with E-state index in [4.69, 9.17) is 0 Å². The molecule has 0 bridgehead atoms. The van der Waals surface area contributed by atoms with Gasteiger partial charge in [0.15, 0.2) is 0 Å². The van der Waals surface area contributed by atoms with Gasteiger partial charge in [-0.25, -0.2) is 0 Å². The van der Waals surface area contributed by atoms with E-state index in [2.05, 4.69) is 4.74 Å². The monoisotopic (exact) mass is 610 g/mol. The quantitative estimate of drug-likeness (QED) is 0.201. The number of rotatable bonds is 9. The smallest absolute Gasteiger partial charge is 0.430 e. The summed E-state index contributed by atoms with van der Waals surface area (Å²) in [6.45, 7) is 0. The summed E-state index contributed by atoms with van der Waals surface area (Å²) in [5.74, 6) is -65.2. The summed E-state index contributed by atoms with van der Waals surface area (Å²) in [4.78, 5) is 0. The molecule has 1 aromatic rings. The van der Waals surface area contributed by atoms with Crippen LogP contribution in [0.15, 0.2) is 42.2 Å². The molecule has 0 fully saturated rings. The molecule has 0 N–H and O–H groups in total. The second kappa shape index (κ2) is 9.79. The van der Waals surface area contributed by atoms with Crippen molar-refractivity contribution in [3.63, 3.8) is 0 Å². The van der Waals surface area contributed by atoms with Crippen molar-refractivity contribution in [2.45, 2.75) is 47.6 Å². The zero-order valence-electron chi connectivity index (χ0n) is 16.4. The Morgan fingerprint density at radius 3 is 1.16 bits per heavy atom. The molecule has 0 atom stereocenters. The molecule has 0 unspecified atom stereocenters. The molecule has 0 aliphatic rings. The number of ether oxygens (including phenoxy) is 1. The Morgan fingerprint density at radius 1 is 0.486 bits per heavy atom. The van der Waals surface area contributed by atoms with Crippen molar-refractivity contribution in [1.29, 1.82) is 0 Å². The molecule has 0 spiro atoms. The van der Waals surface area contributed by atoms with Gasteiger partial charge < -0.3 is 4.74 Å². The zero-order valence-corrected chi connectivity index (χ0v) is 17.2. The maximum absolute atomic E-state index is 13.6. The van der Waals surface area contributed by atoms with Crippen molar-refractivity contribution < 1.29 is 88.2 Å². The standard InChI is InChI=1S/C16H5F19O.ClH/c17-7(8(18)36-6-4-2-1-3-5-6)9(19,20)10(21,22)11(23,24)12(25,26)13(27,28)14(29,30)15(31,32)16(33,34)35;/h1-5H;1H. The Balaban J connectivity index is 0.0000130. The molecule has 0 radical (unpaired) electrons. The molecule has 0 aliphatic carbocycles. The van der Waals surface area contributed by atoms with Gasteiger partial charge in [0.25, 0.3) is 0 Å². The second-order valence-electron chi connectivity index (χ2n) is 6.52. The molecular formula is C16H6ClF19O. The van der Waals surface area contributed by atoms with Crippen LogP contribution < -0.4 is 4.74 Å². The highest BCUT2D eigenvalue weighted by atomic mass is 35.5. The number of hydrogen-bond donors (Lipinski definition) is 0. The van der Waals surface area contributed by atoms with Gasteiger partial charge in [-0.15, -0.1) is 12.4 Å². The van der Waals surface area contributed by atoms with Crippen LogP contribution in [0.3, 0.4) is 0 Å². The summed E-state index contributed by atoms with van der Waals surface area (Å²) in [6, 6.07) is 0.465. The van der Waals surface area contributed by atoms with Gasteiger partial charge in [0.2, 0.25) is 5.83 Å². The summed E-state index contributed by atoms with van der Waals surface area (Å²) in [6.07, 6.45) is -7.90. The third kappa shape index (κ3) is 4.96. The third-order valence-electron chi connectivity index (χ3n) is 4.12. The highest BCUT2D eigenvalue weighted by Gasteiger charge is 2.95. The van der Waals surface area contributed by atoms with Crippen LogP contribution in [-0.2, 0) is 0 Å². The van der Waals surface area contributed by atoms with E-state index >= 15 is 0 Å². The maximum Gasteiger partial charge on any atom is 0.460 e. The first-order chi connectivity index (χ1) is 15.7. The van der Waals surface area contributed by atoms with Gasteiger partial charge in [-0.3, -0.25) is 0 Å². The van der Waals surface area contributed by atoms with Gasteiger partial charge >= 0.3 is 53.6 Å². The van der Waals surface area contributed by atoms with Gasteiger partial charge in [0.1, 0.15) is 5.75 Å². The summed E-state index contributed by atoms with van der Waals surface area (Å²) in [5, 5.41) is 0. The van der Waals surface area contributed by atoms with E-state index in [1.165, 1.54) is 0 Å². The lowest BCUT2D eigenvalue weighted by Crippen LogP contribution is -2.74.